The molecule has 170 valence electrons. The average Bonchev–Trinajstić information content (AvgIpc) is 3.20. The van der Waals surface area contributed by atoms with E-state index in [9.17, 15) is 19.5 Å². The molecule has 15 heteroatoms. The van der Waals surface area contributed by atoms with Gasteiger partial charge in [-0.3, -0.25) is 14.5 Å². The number of nitrogens with zero attached hydrogens (tertiary/aromatic N) is 3. The zero-order chi connectivity index (χ0) is 23.1. The minimum absolute atomic E-state index is 0. The summed E-state index contributed by atoms with van der Waals surface area (Å²) in [5.41, 5.74) is 5.47. The Morgan fingerprint density at radius 1 is 1.44 bits per heavy atom. The smallest absolute Gasteiger partial charge is 0.543 e. The molecule has 0 aromatic carbocycles. The van der Waals surface area contributed by atoms with Gasteiger partial charge < -0.3 is 30.5 Å². The van der Waals surface area contributed by atoms with Crippen molar-refractivity contribution in [2.45, 2.75) is 25.3 Å². The molecule has 3 N–H and O–H groups in total. The number of aliphatic carboxylic acids is 1. The predicted molar refractivity (Wildman–Crippen MR) is 118 cm³/mol. The van der Waals surface area contributed by atoms with Crippen molar-refractivity contribution in [3.8, 4) is 0 Å². The molecular formula is C17H22KN5O6S3. The van der Waals surface area contributed by atoms with Crippen LogP contribution in [-0.2, 0) is 24.0 Å². The van der Waals surface area contributed by atoms with Gasteiger partial charge in [-0.2, -0.15) is 0 Å². The SMILES string of the molecule is CC.COCSC1=C(C(=O)[O-])N2C(=O)C(NC(=O)/C(=N\OC)c3csc(N)n3)C2SC1.[K+]. The number of thiazole rings is 1. The molecular weight excluding hydrogens is 506 g/mol. The predicted octanol–water partition coefficient (Wildman–Crippen LogP) is -3.20. The minimum atomic E-state index is -1.45. The second-order valence-electron chi connectivity index (χ2n) is 5.66. The monoisotopic (exact) mass is 527 g/mol. The van der Waals surface area contributed by atoms with E-state index in [0.29, 0.717) is 10.7 Å². The quantitative estimate of drug-likeness (QED) is 0.116. The normalized spacial score (nSPS) is 19.7. The molecule has 1 aromatic heterocycles. The first kappa shape index (κ1) is 29.4. The Kier molecular flexibility index (Phi) is 12.8. The summed E-state index contributed by atoms with van der Waals surface area (Å²) in [4.78, 5) is 47.2. The largest absolute Gasteiger partial charge is 1.00 e. The number of hydrogen-bond acceptors (Lipinski definition) is 12. The van der Waals surface area contributed by atoms with E-state index in [-0.39, 0.29) is 79.6 Å². The molecule has 0 radical (unpaired) electrons. The molecule has 2 unspecified atom stereocenters. The first-order valence-electron chi connectivity index (χ1n) is 9.03. The zero-order valence-electron chi connectivity index (χ0n) is 18.2. The van der Waals surface area contributed by atoms with Crippen molar-refractivity contribution in [1.29, 1.82) is 0 Å². The van der Waals surface area contributed by atoms with E-state index < -0.39 is 29.2 Å². The number of carbonyl (C=O) groups excluding carboxylic acids is 3. The summed E-state index contributed by atoms with van der Waals surface area (Å²) >= 11 is 3.64. The van der Waals surface area contributed by atoms with E-state index in [2.05, 4.69) is 15.5 Å². The fourth-order valence-electron chi connectivity index (χ4n) is 2.72. The molecule has 0 aliphatic carbocycles. The van der Waals surface area contributed by atoms with Gasteiger partial charge in [0, 0.05) is 23.1 Å². The van der Waals surface area contributed by atoms with Crippen LogP contribution in [0.3, 0.4) is 0 Å². The molecule has 2 amide bonds. The minimum Gasteiger partial charge on any atom is -0.543 e. The van der Waals surface area contributed by atoms with Crippen molar-refractivity contribution in [1.82, 2.24) is 15.2 Å². The Morgan fingerprint density at radius 2 is 2.12 bits per heavy atom. The fourth-order valence-corrected chi connectivity index (χ4v) is 5.58. The summed E-state index contributed by atoms with van der Waals surface area (Å²) < 4.78 is 4.95. The number of nitrogens with two attached hydrogens (primary N) is 1. The van der Waals surface area contributed by atoms with Crippen LogP contribution in [0.15, 0.2) is 21.1 Å². The molecule has 2 aliphatic heterocycles. The average molecular weight is 528 g/mol. The van der Waals surface area contributed by atoms with Gasteiger partial charge in [0.25, 0.3) is 11.8 Å². The number of aromatic nitrogens is 1. The maximum absolute atomic E-state index is 12.6. The van der Waals surface area contributed by atoms with E-state index in [1.807, 2.05) is 13.8 Å². The number of thioether (sulfide) groups is 2. The number of oxime groups is 1. The van der Waals surface area contributed by atoms with Crippen LogP contribution in [0, 0.1) is 0 Å². The van der Waals surface area contributed by atoms with E-state index in [4.69, 9.17) is 15.3 Å². The molecule has 0 saturated carbocycles. The molecule has 0 bridgehead atoms. The van der Waals surface area contributed by atoms with Crippen molar-refractivity contribution in [2.75, 3.05) is 31.6 Å². The number of hydrogen-bond donors (Lipinski definition) is 2. The van der Waals surface area contributed by atoms with Crippen molar-refractivity contribution in [2.24, 2.45) is 5.16 Å². The van der Waals surface area contributed by atoms with Crippen molar-refractivity contribution in [3.05, 3.63) is 21.7 Å². The molecule has 2 aliphatic rings. The van der Waals surface area contributed by atoms with Crippen LogP contribution in [0.5, 0.6) is 0 Å². The van der Waals surface area contributed by atoms with Crippen LogP contribution in [0.2, 0.25) is 0 Å². The maximum atomic E-state index is 12.6. The van der Waals surface area contributed by atoms with Gasteiger partial charge in [0.2, 0.25) is 0 Å². The number of rotatable bonds is 8. The van der Waals surface area contributed by atoms with Gasteiger partial charge in [-0.05, 0) is 0 Å². The number of ether oxygens (including phenoxy) is 1. The molecule has 11 nitrogen and oxygen atoms in total. The number of nitrogen functional groups attached to an aromatic ring is 1. The second-order valence-corrected chi connectivity index (χ2v) is 8.68. The molecule has 32 heavy (non-hydrogen) atoms. The van der Waals surface area contributed by atoms with Crippen molar-refractivity contribution in [3.63, 3.8) is 0 Å². The number of methoxy groups -OCH3 is 1. The Hall–Kier alpha value is -0.654. The van der Waals surface area contributed by atoms with E-state index in [0.717, 1.165) is 16.2 Å². The Labute approximate surface area is 240 Å². The van der Waals surface area contributed by atoms with E-state index >= 15 is 0 Å². The van der Waals surface area contributed by atoms with Crippen molar-refractivity contribution < 1.29 is 80.4 Å². The summed E-state index contributed by atoms with van der Waals surface area (Å²) in [7, 11) is 2.76. The molecule has 0 spiro atoms. The number of carboxylic acid groups (broad SMARTS) is 1. The number of anilines is 1. The van der Waals surface area contributed by atoms with Crippen molar-refractivity contribution >= 4 is 63.5 Å². The third kappa shape index (κ3) is 6.48. The summed E-state index contributed by atoms with van der Waals surface area (Å²) in [6.45, 7) is 4.00. The molecule has 1 saturated heterocycles. The molecule has 3 heterocycles. The zero-order valence-corrected chi connectivity index (χ0v) is 23.8. The van der Waals surface area contributed by atoms with Gasteiger partial charge in [0.1, 0.15) is 24.2 Å². The van der Waals surface area contributed by atoms with E-state index in [1.165, 1.54) is 43.1 Å². The summed E-state index contributed by atoms with van der Waals surface area (Å²) in [6.07, 6.45) is 0. The van der Waals surface area contributed by atoms with Gasteiger partial charge in [-0.25, -0.2) is 4.98 Å². The van der Waals surface area contributed by atoms with E-state index in [1.54, 1.807) is 0 Å². The first-order valence-corrected chi connectivity index (χ1v) is 11.9. The van der Waals surface area contributed by atoms with Crippen LogP contribution in [0.4, 0.5) is 5.13 Å². The molecule has 3 rings (SSSR count). The summed E-state index contributed by atoms with van der Waals surface area (Å²) in [5, 5.41) is 19.0. The Morgan fingerprint density at radius 3 is 2.66 bits per heavy atom. The number of amides is 2. The first-order chi connectivity index (χ1) is 14.9. The summed E-state index contributed by atoms with van der Waals surface area (Å²) in [6, 6.07) is -0.922. The topological polar surface area (TPSA) is 159 Å². The van der Waals surface area contributed by atoms with Crippen LogP contribution < -0.4 is 67.5 Å². The third-order valence-electron chi connectivity index (χ3n) is 3.93. The Balaban J connectivity index is 0.00000166. The van der Waals surface area contributed by atoms with Crippen LogP contribution in [0.1, 0.15) is 19.5 Å². The number of nitrogens with one attached hydrogen (secondary N) is 1. The fraction of sp³-hybridized carbons (Fsp3) is 0.471. The molecule has 2 atom stereocenters. The van der Waals surface area contributed by atoms with Gasteiger partial charge >= 0.3 is 51.4 Å². The standard InChI is InChI=1S/C15H17N5O6S3.C2H6.K/c1-25-5-29-7-4-27-13-9(12(22)20(13)10(7)14(23)24)18-11(21)8(19-26-2)6-3-28-15(16)17-6;1-2;/h3,9,13H,4-5H2,1-2H3,(H2,16,17)(H,18,21)(H,23,24);1-2H3;/q;;+1/p-1/b19-8-;;. The second kappa shape index (κ2) is 13.9. The van der Waals surface area contributed by atoms with Gasteiger partial charge in [0.15, 0.2) is 10.8 Å². The molecule has 1 aromatic rings. The van der Waals surface area contributed by atoms with Gasteiger partial charge in [-0.15, -0.1) is 23.1 Å². The summed E-state index contributed by atoms with van der Waals surface area (Å²) in [5.74, 6) is -2.10. The van der Waals surface area contributed by atoms with Crippen LogP contribution >= 0.6 is 34.9 Å². The third-order valence-corrected chi connectivity index (χ3v) is 7.10. The van der Waals surface area contributed by atoms with Crippen LogP contribution in [0.25, 0.3) is 0 Å². The Bertz CT molecular complexity index is 909. The number of fused-ring (bicyclic) bond motifs is 1. The number of carboxylic acids is 1. The number of β-lactam (4-membered cyclic amide) rings is 1. The van der Waals surface area contributed by atoms with Gasteiger partial charge in [0.05, 0.1) is 17.6 Å². The van der Waals surface area contributed by atoms with Crippen LogP contribution in [-0.4, -0.2) is 70.7 Å². The number of carbonyl (C=O) groups is 3. The van der Waals surface area contributed by atoms with Gasteiger partial charge in [-0.1, -0.05) is 30.8 Å². The maximum Gasteiger partial charge on any atom is 1.00 e. The molecule has 1 fully saturated rings.